The first-order valence-electron chi connectivity index (χ1n) is 10.0. The first-order valence-corrected chi connectivity index (χ1v) is 12.4. The molecule has 1 N–H and O–H groups in total. The van der Waals surface area contributed by atoms with E-state index in [4.69, 9.17) is 4.74 Å². The van der Waals surface area contributed by atoms with Crippen molar-refractivity contribution in [2.24, 2.45) is 0 Å². The number of nitrogens with zero attached hydrogens (tertiary/aromatic N) is 1. The Balaban J connectivity index is 1.80. The van der Waals surface area contributed by atoms with Gasteiger partial charge in [0.25, 0.3) is 0 Å². The smallest absolute Gasteiger partial charge is 0.418 e. The van der Waals surface area contributed by atoms with Crippen LogP contribution in [0.4, 0.5) is 18.9 Å². The van der Waals surface area contributed by atoms with Crippen molar-refractivity contribution in [1.82, 2.24) is 4.90 Å². The van der Waals surface area contributed by atoms with E-state index in [2.05, 4.69) is 10.2 Å². The number of benzene rings is 2. The predicted molar refractivity (Wildman–Crippen MR) is 116 cm³/mol. The van der Waals surface area contributed by atoms with Crippen molar-refractivity contribution in [3.8, 4) is 0 Å². The van der Waals surface area contributed by atoms with Crippen LogP contribution in [0.1, 0.15) is 12.0 Å². The van der Waals surface area contributed by atoms with Crippen LogP contribution in [0.25, 0.3) is 0 Å². The van der Waals surface area contributed by atoms with Crippen LogP contribution < -0.4 is 5.32 Å². The number of hydrogen-bond acceptors (Lipinski definition) is 7. The van der Waals surface area contributed by atoms with Gasteiger partial charge in [0.1, 0.15) is 10.1 Å². The Kier molecular flexibility index (Phi) is 8.45. The van der Waals surface area contributed by atoms with Gasteiger partial charge in [0.15, 0.2) is 0 Å². The lowest BCUT2D eigenvalue weighted by Gasteiger charge is -2.29. The van der Waals surface area contributed by atoms with Gasteiger partial charge in [-0.1, -0.05) is 18.2 Å². The number of halogens is 3. The minimum absolute atomic E-state index is 0.245. The van der Waals surface area contributed by atoms with Gasteiger partial charge in [-0.3, -0.25) is 4.90 Å². The molecule has 3 rings (SSSR count). The highest BCUT2D eigenvalue weighted by Crippen LogP contribution is 2.37. The number of hydrogen-bond donors (Lipinski definition) is 1. The van der Waals surface area contributed by atoms with Crippen molar-refractivity contribution in [3.05, 3.63) is 54.1 Å². The van der Waals surface area contributed by atoms with Crippen LogP contribution in [-0.4, -0.2) is 62.5 Å². The number of anilines is 1. The summed E-state index contributed by atoms with van der Waals surface area (Å²) in [4.78, 5) is 2.29. The fourth-order valence-electron chi connectivity index (χ4n) is 3.33. The Hall–Kier alpha value is -1.79. The molecule has 0 bridgehead atoms. The van der Waals surface area contributed by atoms with Crippen molar-refractivity contribution in [2.45, 2.75) is 28.4 Å². The maximum absolute atomic E-state index is 13.6. The monoisotopic (exact) mass is 489 g/mol. The molecule has 2 aromatic rings. The maximum Gasteiger partial charge on any atom is 0.418 e. The van der Waals surface area contributed by atoms with Crippen LogP contribution in [0.5, 0.6) is 0 Å². The van der Waals surface area contributed by atoms with E-state index in [1.807, 2.05) is 30.3 Å². The van der Waals surface area contributed by atoms with Crippen LogP contribution in [0.2, 0.25) is 0 Å². The Morgan fingerprint density at radius 1 is 1.12 bits per heavy atom. The lowest BCUT2D eigenvalue weighted by Crippen LogP contribution is -2.39. The second-order valence-corrected chi connectivity index (χ2v) is 9.84. The van der Waals surface area contributed by atoms with Crippen LogP contribution in [0.15, 0.2) is 58.3 Å². The second-order valence-electron chi connectivity index (χ2n) is 7.37. The minimum Gasteiger partial charge on any atom is -0.744 e. The molecule has 1 aliphatic heterocycles. The molecule has 1 aliphatic rings. The van der Waals surface area contributed by atoms with Crippen molar-refractivity contribution in [3.63, 3.8) is 0 Å². The summed E-state index contributed by atoms with van der Waals surface area (Å²) in [5.41, 5.74) is -1.42. The van der Waals surface area contributed by atoms with E-state index in [-0.39, 0.29) is 11.7 Å². The highest BCUT2D eigenvalue weighted by molar-refractivity contribution is 7.99. The zero-order chi connectivity index (χ0) is 23.2. The molecule has 0 radical (unpaired) electrons. The Morgan fingerprint density at radius 2 is 1.81 bits per heavy atom. The third kappa shape index (κ3) is 7.38. The summed E-state index contributed by atoms with van der Waals surface area (Å²) in [5.74, 6) is 0.507. The fraction of sp³-hybridized carbons (Fsp3) is 0.429. The van der Waals surface area contributed by atoms with Crippen LogP contribution in [0.3, 0.4) is 0 Å². The second kappa shape index (κ2) is 10.9. The lowest BCUT2D eigenvalue weighted by molar-refractivity contribution is -0.137. The van der Waals surface area contributed by atoms with E-state index in [1.165, 1.54) is 11.8 Å². The van der Waals surface area contributed by atoms with E-state index in [1.54, 1.807) is 0 Å². The summed E-state index contributed by atoms with van der Waals surface area (Å²) in [6, 6.07) is 11.5. The van der Waals surface area contributed by atoms with Crippen molar-refractivity contribution in [2.75, 3.05) is 43.9 Å². The number of rotatable bonds is 9. The molecule has 0 aromatic heterocycles. The number of ether oxygens (including phenoxy) is 1. The van der Waals surface area contributed by atoms with Crippen molar-refractivity contribution in [1.29, 1.82) is 0 Å². The van der Waals surface area contributed by atoms with E-state index in [0.29, 0.717) is 38.0 Å². The Labute approximate surface area is 189 Å². The lowest BCUT2D eigenvalue weighted by atomic mass is 10.1. The molecule has 0 spiro atoms. The average molecular weight is 490 g/mol. The van der Waals surface area contributed by atoms with Crippen LogP contribution in [0, 0.1) is 0 Å². The topological polar surface area (TPSA) is 81.7 Å². The van der Waals surface area contributed by atoms with Crippen molar-refractivity contribution < 1.29 is 30.9 Å². The van der Waals surface area contributed by atoms with E-state index < -0.39 is 26.8 Å². The summed E-state index contributed by atoms with van der Waals surface area (Å²) < 4.78 is 79.9. The summed E-state index contributed by atoms with van der Waals surface area (Å²) in [7, 11) is -5.00. The summed E-state index contributed by atoms with van der Waals surface area (Å²) in [6.07, 6.45) is -4.23. The first-order chi connectivity index (χ1) is 15.1. The summed E-state index contributed by atoms with van der Waals surface area (Å²) in [5, 5.41) is 2.95. The molecule has 6 nitrogen and oxygen atoms in total. The van der Waals surface area contributed by atoms with E-state index >= 15 is 0 Å². The maximum atomic E-state index is 13.6. The fourth-order valence-corrected chi connectivity index (χ4v) is 4.82. The number of thioether (sulfide) groups is 1. The molecule has 1 atom stereocenters. The van der Waals surface area contributed by atoms with Gasteiger partial charge in [0.05, 0.1) is 23.7 Å². The van der Waals surface area contributed by atoms with Gasteiger partial charge >= 0.3 is 6.18 Å². The highest BCUT2D eigenvalue weighted by Gasteiger charge is 2.35. The zero-order valence-electron chi connectivity index (χ0n) is 17.2. The standard InChI is InChI=1S/C21H25F3N2O4S2/c22-21(23,24)19-14-18(32(27,28)29)6-7-20(19)25-16(8-9-26-10-12-30-13-11-26)15-31-17-4-2-1-3-5-17/h1-7,14,16,25H,8-13,15H2,(H,27,28,29)/p-1/t16-/m1/s1. The molecule has 1 fully saturated rings. The molecule has 1 saturated heterocycles. The average Bonchev–Trinajstić information content (AvgIpc) is 2.76. The molecular formula is C21H24F3N2O4S2-. The molecular weight excluding hydrogens is 465 g/mol. The van der Waals surface area contributed by atoms with Gasteiger partial charge < -0.3 is 14.6 Å². The molecule has 2 aromatic carbocycles. The van der Waals surface area contributed by atoms with Crippen LogP contribution >= 0.6 is 11.8 Å². The highest BCUT2D eigenvalue weighted by atomic mass is 32.2. The van der Waals surface area contributed by atoms with Crippen molar-refractivity contribution >= 4 is 27.6 Å². The van der Waals surface area contributed by atoms with Crippen LogP contribution in [-0.2, 0) is 21.0 Å². The molecule has 32 heavy (non-hydrogen) atoms. The Morgan fingerprint density at radius 3 is 2.44 bits per heavy atom. The minimum atomic E-state index is -5.00. The summed E-state index contributed by atoms with van der Waals surface area (Å²) in [6.45, 7) is 3.47. The predicted octanol–water partition coefficient (Wildman–Crippen LogP) is 3.90. The van der Waals surface area contributed by atoms with Gasteiger partial charge in [-0.05, 0) is 36.8 Å². The third-order valence-corrected chi connectivity index (χ3v) is 7.04. The van der Waals surface area contributed by atoms with E-state index in [0.717, 1.165) is 30.1 Å². The third-order valence-electron chi connectivity index (χ3n) is 5.04. The molecule has 0 aliphatic carbocycles. The summed E-state index contributed by atoms with van der Waals surface area (Å²) >= 11 is 1.52. The SMILES string of the molecule is O=S(=O)([O-])c1ccc(N[C@H](CCN2CCOCC2)CSc2ccccc2)c(C(F)(F)F)c1. The molecule has 0 saturated carbocycles. The van der Waals surface area contributed by atoms with Gasteiger partial charge in [-0.25, -0.2) is 8.42 Å². The molecule has 1 heterocycles. The number of nitrogens with one attached hydrogen (secondary N) is 1. The Bertz CT molecular complexity index is 982. The van der Waals surface area contributed by atoms with E-state index in [9.17, 15) is 26.1 Å². The number of alkyl halides is 3. The molecule has 11 heteroatoms. The zero-order valence-corrected chi connectivity index (χ0v) is 18.8. The van der Waals surface area contributed by atoms with Gasteiger partial charge in [0.2, 0.25) is 0 Å². The molecule has 0 amide bonds. The normalized spacial score (nSPS) is 16.6. The molecule has 0 unspecified atom stereocenters. The molecule has 176 valence electrons. The largest absolute Gasteiger partial charge is 0.744 e. The first kappa shape index (κ1) is 24.8. The number of morpholine rings is 1. The van der Waals surface area contributed by atoms with Gasteiger partial charge in [-0.2, -0.15) is 13.2 Å². The quantitative estimate of drug-likeness (QED) is 0.423. The van der Waals surface area contributed by atoms with Gasteiger partial charge in [0, 0.05) is 42.0 Å². The van der Waals surface area contributed by atoms with Gasteiger partial charge in [-0.15, -0.1) is 11.8 Å².